The summed E-state index contributed by atoms with van der Waals surface area (Å²) >= 11 is 0. The fourth-order valence-corrected chi connectivity index (χ4v) is 2.07. The van der Waals surface area contributed by atoms with E-state index >= 15 is 0 Å². The fraction of sp³-hybridized carbons (Fsp3) is 0.294. The van der Waals surface area contributed by atoms with E-state index in [-0.39, 0.29) is 17.4 Å². The Morgan fingerprint density at radius 2 is 1.67 bits per heavy atom. The van der Waals surface area contributed by atoms with E-state index in [9.17, 15) is 13.2 Å². The number of rotatable bonds is 4. The maximum absolute atomic E-state index is 13.9. The van der Waals surface area contributed by atoms with Crippen LogP contribution >= 0.6 is 0 Å². The summed E-state index contributed by atoms with van der Waals surface area (Å²) in [6, 6.07) is 6.94. The van der Waals surface area contributed by atoms with Crippen LogP contribution in [0.25, 0.3) is 11.1 Å². The van der Waals surface area contributed by atoms with E-state index in [4.69, 9.17) is 0 Å². The standard InChI is InChI=1S/C17H18F3N/c1-10(2)21-9-13-7-12(4-5-15(13)18)14-6-11(3)16(19)8-17(14)20/h4-8,10,21H,9H2,1-3H3. The minimum absolute atomic E-state index is 0.220. The number of hydrogen-bond donors (Lipinski definition) is 1. The summed E-state index contributed by atoms with van der Waals surface area (Å²) in [7, 11) is 0. The van der Waals surface area contributed by atoms with Crippen molar-refractivity contribution in [3.05, 3.63) is 58.9 Å². The SMILES string of the molecule is Cc1cc(-c2ccc(F)c(CNC(C)C)c2)c(F)cc1F. The lowest BCUT2D eigenvalue weighted by atomic mass is 10.00. The molecule has 0 aliphatic rings. The van der Waals surface area contributed by atoms with Crippen molar-refractivity contribution in [2.45, 2.75) is 33.4 Å². The van der Waals surface area contributed by atoms with Crippen molar-refractivity contribution in [2.24, 2.45) is 0 Å². The highest BCUT2D eigenvalue weighted by molar-refractivity contribution is 5.66. The van der Waals surface area contributed by atoms with E-state index in [1.54, 1.807) is 13.0 Å². The molecule has 2 rings (SSSR count). The average Bonchev–Trinajstić information content (AvgIpc) is 2.42. The van der Waals surface area contributed by atoms with Gasteiger partial charge in [-0.3, -0.25) is 0 Å². The van der Waals surface area contributed by atoms with Crippen molar-refractivity contribution < 1.29 is 13.2 Å². The zero-order valence-electron chi connectivity index (χ0n) is 12.3. The van der Waals surface area contributed by atoms with Gasteiger partial charge in [-0.2, -0.15) is 0 Å². The lowest BCUT2D eigenvalue weighted by Gasteiger charge is -2.12. The molecule has 0 spiro atoms. The topological polar surface area (TPSA) is 12.0 Å². The summed E-state index contributed by atoms with van der Waals surface area (Å²) in [5.74, 6) is -1.57. The largest absolute Gasteiger partial charge is 0.310 e. The maximum atomic E-state index is 13.9. The van der Waals surface area contributed by atoms with Crippen LogP contribution in [0.2, 0.25) is 0 Å². The van der Waals surface area contributed by atoms with Gasteiger partial charge in [0, 0.05) is 29.8 Å². The Bertz CT molecular complexity index is 651. The van der Waals surface area contributed by atoms with Crippen LogP contribution in [-0.2, 0) is 6.54 Å². The molecule has 112 valence electrons. The first kappa shape index (κ1) is 15.6. The van der Waals surface area contributed by atoms with Gasteiger partial charge in [-0.05, 0) is 36.2 Å². The van der Waals surface area contributed by atoms with Gasteiger partial charge in [0.05, 0.1) is 0 Å². The van der Waals surface area contributed by atoms with Crippen LogP contribution in [0.3, 0.4) is 0 Å². The molecule has 0 aliphatic heterocycles. The molecule has 21 heavy (non-hydrogen) atoms. The Kier molecular flexibility index (Phi) is 4.68. The van der Waals surface area contributed by atoms with Crippen LogP contribution in [0.5, 0.6) is 0 Å². The molecule has 0 fully saturated rings. The zero-order valence-corrected chi connectivity index (χ0v) is 12.3. The molecule has 1 nitrogen and oxygen atoms in total. The van der Waals surface area contributed by atoms with Gasteiger partial charge in [-0.15, -0.1) is 0 Å². The van der Waals surface area contributed by atoms with E-state index in [0.29, 0.717) is 23.2 Å². The second kappa shape index (κ2) is 6.31. The molecule has 0 amide bonds. The Balaban J connectivity index is 2.41. The quantitative estimate of drug-likeness (QED) is 0.870. The first-order valence-electron chi connectivity index (χ1n) is 6.86. The van der Waals surface area contributed by atoms with E-state index in [2.05, 4.69) is 5.32 Å². The van der Waals surface area contributed by atoms with Gasteiger partial charge in [0.15, 0.2) is 0 Å². The second-order valence-electron chi connectivity index (χ2n) is 5.42. The summed E-state index contributed by atoms with van der Waals surface area (Å²) in [5.41, 5.74) is 1.64. The van der Waals surface area contributed by atoms with Crippen LogP contribution in [0.15, 0.2) is 30.3 Å². The molecule has 0 atom stereocenters. The van der Waals surface area contributed by atoms with E-state index in [0.717, 1.165) is 6.07 Å². The molecule has 0 aromatic heterocycles. The molecule has 0 bridgehead atoms. The van der Waals surface area contributed by atoms with Crippen molar-refractivity contribution in [1.29, 1.82) is 0 Å². The number of hydrogen-bond acceptors (Lipinski definition) is 1. The fourth-order valence-electron chi connectivity index (χ4n) is 2.07. The normalized spacial score (nSPS) is 11.2. The molecule has 0 saturated carbocycles. The second-order valence-corrected chi connectivity index (χ2v) is 5.42. The molecule has 0 saturated heterocycles. The summed E-state index contributed by atoms with van der Waals surface area (Å²) in [4.78, 5) is 0. The smallest absolute Gasteiger partial charge is 0.133 e. The molecule has 0 aliphatic carbocycles. The van der Waals surface area contributed by atoms with Crippen LogP contribution in [0, 0.1) is 24.4 Å². The minimum Gasteiger partial charge on any atom is -0.310 e. The first-order chi connectivity index (χ1) is 9.88. The van der Waals surface area contributed by atoms with Crippen LogP contribution in [0.1, 0.15) is 25.0 Å². The van der Waals surface area contributed by atoms with Gasteiger partial charge in [0.1, 0.15) is 17.5 Å². The molecular weight excluding hydrogens is 275 g/mol. The van der Waals surface area contributed by atoms with Crippen molar-refractivity contribution in [3.63, 3.8) is 0 Å². The number of halogens is 3. The van der Waals surface area contributed by atoms with Gasteiger partial charge < -0.3 is 5.32 Å². The van der Waals surface area contributed by atoms with E-state index < -0.39 is 11.6 Å². The molecule has 0 heterocycles. The molecule has 4 heteroatoms. The third kappa shape index (κ3) is 3.64. The van der Waals surface area contributed by atoms with Gasteiger partial charge in [-0.25, -0.2) is 13.2 Å². The van der Waals surface area contributed by atoms with Crippen molar-refractivity contribution >= 4 is 0 Å². The van der Waals surface area contributed by atoms with Gasteiger partial charge in [0.2, 0.25) is 0 Å². The first-order valence-corrected chi connectivity index (χ1v) is 6.86. The molecule has 1 N–H and O–H groups in total. The summed E-state index contributed by atoms with van der Waals surface area (Å²) in [5, 5.41) is 3.12. The summed E-state index contributed by atoms with van der Waals surface area (Å²) in [6.45, 7) is 5.86. The highest BCUT2D eigenvalue weighted by Crippen LogP contribution is 2.27. The molecular formula is C17H18F3N. The number of aryl methyl sites for hydroxylation is 1. The van der Waals surface area contributed by atoms with Crippen LogP contribution in [0.4, 0.5) is 13.2 Å². The summed E-state index contributed by atoms with van der Waals surface area (Å²) in [6.07, 6.45) is 0. The number of benzene rings is 2. The highest BCUT2D eigenvalue weighted by Gasteiger charge is 2.12. The van der Waals surface area contributed by atoms with E-state index in [1.807, 2.05) is 13.8 Å². The Hall–Kier alpha value is -1.81. The molecule has 0 radical (unpaired) electrons. The molecule has 2 aromatic rings. The predicted molar refractivity (Wildman–Crippen MR) is 78.5 cm³/mol. The summed E-state index contributed by atoms with van der Waals surface area (Å²) < 4.78 is 41.0. The Labute approximate surface area is 122 Å². The Morgan fingerprint density at radius 1 is 0.952 bits per heavy atom. The highest BCUT2D eigenvalue weighted by atomic mass is 19.1. The lowest BCUT2D eigenvalue weighted by Crippen LogP contribution is -2.22. The zero-order chi connectivity index (χ0) is 15.6. The molecule has 2 aromatic carbocycles. The van der Waals surface area contributed by atoms with Crippen molar-refractivity contribution in [3.8, 4) is 11.1 Å². The maximum Gasteiger partial charge on any atom is 0.133 e. The van der Waals surface area contributed by atoms with Crippen LogP contribution in [-0.4, -0.2) is 6.04 Å². The predicted octanol–water partition coefficient (Wildman–Crippen LogP) is 4.58. The van der Waals surface area contributed by atoms with Gasteiger partial charge >= 0.3 is 0 Å². The lowest BCUT2D eigenvalue weighted by molar-refractivity contribution is 0.553. The third-order valence-electron chi connectivity index (χ3n) is 3.31. The van der Waals surface area contributed by atoms with Crippen molar-refractivity contribution in [1.82, 2.24) is 5.32 Å². The number of nitrogens with one attached hydrogen (secondary N) is 1. The van der Waals surface area contributed by atoms with Gasteiger partial charge in [0.25, 0.3) is 0 Å². The minimum atomic E-state index is -0.646. The van der Waals surface area contributed by atoms with Gasteiger partial charge in [-0.1, -0.05) is 19.9 Å². The van der Waals surface area contributed by atoms with E-state index in [1.165, 1.54) is 18.2 Å². The Morgan fingerprint density at radius 3 is 2.33 bits per heavy atom. The van der Waals surface area contributed by atoms with Crippen LogP contribution < -0.4 is 5.32 Å². The van der Waals surface area contributed by atoms with Crippen molar-refractivity contribution in [2.75, 3.05) is 0 Å². The average molecular weight is 293 g/mol. The molecule has 0 unspecified atom stereocenters. The third-order valence-corrected chi connectivity index (χ3v) is 3.31. The monoisotopic (exact) mass is 293 g/mol.